The summed E-state index contributed by atoms with van der Waals surface area (Å²) >= 11 is 0. The third kappa shape index (κ3) is 3.21. The molecule has 0 aromatic heterocycles. The van der Waals surface area contributed by atoms with Crippen molar-refractivity contribution in [3.63, 3.8) is 0 Å². The van der Waals surface area contributed by atoms with Gasteiger partial charge >= 0.3 is 0 Å². The summed E-state index contributed by atoms with van der Waals surface area (Å²) in [6, 6.07) is 0.339. The molecule has 2 fully saturated rings. The van der Waals surface area contributed by atoms with Gasteiger partial charge in [-0.2, -0.15) is 0 Å². The third-order valence-electron chi connectivity index (χ3n) is 4.58. The fraction of sp³-hybridized carbons (Fsp3) is 1.00. The highest BCUT2D eigenvalue weighted by Gasteiger charge is 2.42. The molecule has 2 aliphatic rings. The van der Waals surface area contributed by atoms with Gasteiger partial charge in [-0.1, -0.05) is 20.3 Å². The molecule has 2 saturated heterocycles. The van der Waals surface area contributed by atoms with E-state index in [0.29, 0.717) is 12.0 Å². The smallest absolute Gasteiger partial charge is 0.0939 e. The van der Waals surface area contributed by atoms with Crippen LogP contribution in [0.15, 0.2) is 0 Å². The van der Waals surface area contributed by atoms with Crippen molar-refractivity contribution in [1.82, 2.24) is 0 Å². The van der Waals surface area contributed by atoms with Crippen LogP contribution in [0.2, 0.25) is 0 Å². The van der Waals surface area contributed by atoms with Crippen LogP contribution in [0.3, 0.4) is 0 Å². The van der Waals surface area contributed by atoms with Gasteiger partial charge in [-0.3, -0.25) is 0 Å². The first-order valence-electron chi connectivity index (χ1n) is 7.12. The van der Waals surface area contributed by atoms with Crippen molar-refractivity contribution in [3.8, 4) is 0 Å². The van der Waals surface area contributed by atoms with Crippen molar-refractivity contribution in [2.45, 2.75) is 57.6 Å². The van der Waals surface area contributed by atoms with Crippen LogP contribution in [-0.2, 0) is 9.47 Å². The quantitative estimate of drug-likeness (QED) is 0.821. The minimum atomic E-state index is 0.00991. The standard InChI is InChI=1S/C14H27NO2/c1-3-11(2)8-13(15)12-4-6-17-14(9-12)5-7-16-10-14/h11-13H,3-10,15H2,1-2H3. The molecule has 17 heavy (non-hydrogen) atoms. The molecule has 2 N–H and O–H groups in total. The van der Waals surface area contributed by atoms with Crippen LogP contribution in [0.25, 0.3) is 0 Å². The Kier molecular flexibility index (Phi) is 4.45. The lowest BCUT2D eigenvalue weighted by molar-refractivity contribution is -0.102. The molecule has 3 nitrogen and oxygen atoms in total. The Morgan fingerprint density at radius 2 is 2.24 bits per heavy atom. The third-order valence-corrected chi connectivity index (χ3v) is 4.58. The molecule has 2 heterocycles. The molecule has 0 saturated carbocycles. The summed E-state index contributed by atoms with van der Waals surface area (Å²) in [4.78, 5) is 0. The number of hydrogen-bond acceptors (Lipinski definition) is 3. The molecule has 4 unspecified atom stereocenters. The molecule has 0 bridgehead atoms. The van der Waals surface area contributed by atoms with Gasteiger partial charge in [0.15, 0.2) is 0 Å². The van der Waals surface area contributed by atoms with Crippen molar-refractivity contribution in [2.75, 3.05) is 19.8 Å². The van der Waals surface area contributed by atoms with Gasteiger partial charge in [0.05, 0.1) is 12.2 Å². The fourth-order valence-corrected chi connectivity index (χ4v) is 3.12. The number of hydrogen-bond donors (Lipinski definition) is 1. The zero-order valence-electron chi connectivity index (χ0n) is 11.3. The van der Waals surface area contributed by atoms with Crippen molar-refractivity contribution < 1.29 is 9.47 Å². The lowest BCUT2D eigenvalue weighted by Crippen LogP contribution is -2.46. The van der Waals surface area contributed by atoms with E-state index in [1.54, 1.807) is 0 Å². The van der Waals surface area contributed by atoms with E-state index >= 15 is 0 Å². The van der Waals surface area contributed by atoms with Gasteiger partial charge in [0.2, 0.25) is 0 Å². The Labute approximate surface area is 105 Å². The average molecular weight is 241 g/mol. The second-order valence-corrected chi connectivity index (χ2v) is 6.00. The maximum Gasteiger partial charge on any atom is 0.0939 e. The fourth-order valence-electron chi connectivity index (χ4n) is 3.12. The maximum absolute atomic E-state index is 6.38. The molecular formula is C14H27NO2. The molecular weight excluding hydrogens is 214 g/mol. The van der Waals surface area contributed by atoms with E-state index in [9.17, 15) is 0 Å². The summed E-state index contributed by atoms with van der Waals surface area (Å²) in [5, 5.41) is 0. The summed E-state index contributed by atoms with van der Waals surface area (Å²) in [5.74, 6) is 1.36. The molecule has 0 aromatic rings. The van der Waals surface area contributed by atoms with Crippen LogP contribution in [0.4, 0.5) is 0 Å². The highest BCUT2D eigenvalue weighted by Crippen LogP contribution is 2.37. The highest BCUT2D eigenvalue weighted by atomic mass is 16.6. The van der Waals surface area contributed by atoms with Gasteiger partial charge in [0.25, 0.3) is 0 Å². The average Bonchev–Trinajstić information content (AvgIpc) is 2.77. The first-order valence-corrected chi connectivity index (χ1v) is 7.12. The number of ether oxygens (including phenoxy) is 2. The van der Waals surface area contributed by atoms with Gasteiger partial charge in [-0.25, -0.2) is 0 Å². The molecule has 100 valence electrons. The van der Waals surface area contributed by atoms with Gasteiger partial charge in [0, 0.05) is 25.7 Å². The molecule has 2 rings (SSSR count). The number of rotatable bonds is 4. The van der Waals surface area contributed by atoms with E-state index in [1.807, 2.05) is 0 Å². The van der Waals surface area contributed by atoms with E-state index in [1.165, 1.54) is 6.42 Å². The van der Waals surface area contributed by atoms with Gasteiger partial charge in [-0.05, 0) is 31.1 Å². The molecule has 3 heteroatoms. The molecule has 2 aliphatic heterocycles. The van der Waals surface area contributed by atoms with Gasteiger partial charge in [-0.15, -0.1) is 0 Å². The van der Waals surface area contributed by atoms with Crippen LogP contribution < -0.4 is 5.73 Å². The predicted octanol–water partition coefficient (Wildman–Crippen LogP) is 2.34. The summed E-state index contributed by atoms with van der Waals surface area (Å²) in [6.45, 7) is 7.04. The van der Waals surface area contributed by atoms with Crippen molar-refractivity contribution >= 4 is 0 Å². The Hall–Kier alpha value is -0.120. The summed E-state index contributed by atoms with van der Waals surface area (Å²) in [6.07, 6.45) is 5.66. The zero-order valence-corrected chi connectivity index (χ0v) is 11.3. The van der Waals surface area contributed by atoms with Crippen LogP contribution in [0, 0.1) is 11.8 Å². The molecule has 0 radical (unpaired) electrons. The lowest BCUT2D eigenvalue weighted by atomic mass is 9.79. The van der Waals surface area contributed by atoms with E-state index < -0.39 is 0 Å². The Morgan fingerprint density at radius 3 is 2.88 bits per heavy atom. The largest absolute Gasteiger partial charge is 0.378 e. The predicted molar refractivity (Wildman–Crippen MR) is 68.9 cm³/mol. The van der Waals surface area contributed by atoms with E-state index in [-0.39, 0.29) is 5.60 Å². The molecule has 4 atom stereocenters. The Bertz CT molecular complexity index is 238. The highest BCUT2D eigenvalue weighted by molar-refractivity contribution is 4.93. The van der Waals surface area contributed by atoms with Crippen LogP contribution >= 0.6 is 0 Å². The van der Waals surface area contributed by atoms with E-state index in [4.69, 9.17) is 15.2 Å². The molecule has 0 aliphatic carbocycles. The van der Waals surface area contributed by atoms with Crippen molar-refractivity contribution in [1.29, 1.82) is 0 Å². The molecule has 0 amide bonds. The number of nitrogens with two attached hydrogens (primary N) is 1. The Morgan fingerprint density at radius 1 is 1.41 bits per heavy atom. The van der Waals surface area contributed by atoms with Crippen molar-refractivity contribution in [2.24, 2.45) is 17.6 Å². The lowest BCUT2D eigenvalue weighted by Gasteiger charge is -2.39. The second kappa shape index (κ2) is 5.68. The van der Waals surface area contributed by atoms with Crippen LogP contribution in [0.5, 0.6) is 0 Å². The van der Waals surface area contributed by atoms with Gasteiger partial charge < -0.3 is 15.2 Å². The Balaban J connectivity index is 1.88. The summed E-state index contributed by atoms with van der Waals surface area (Å²) in [5.41, 5.74) is 6.39. The first kappa shape index (κ1) is 13.3. The van der Waals surface area contributed by atoms with Gasteiger partial charge in [0.1, 0.15) is 0 Å². The van der Waals surface area contributed by atoms with E-state index in [0.717, 1.165) is 51.4 Å². The monoisotopic (exact) mass is 241 g/mol. The normalized spacial score (nSPS) is 37.2. The maximum atomic E-state index is 6.38. The SMILES string of the molecule is CCC(C)CC(N)C1CCOC2(CCOC2)C1. The minimum absolute atomic E-state index is 0.00991. The second-order valence-electron chi connectivity index (χ2n) is 6.00. The van der Waals surface area contributed by atoms with E-state index in [2.05, 4.69) is 13.8 Å². The molecule has 0 aromatic carbocycles. The zero-order chi connectivity index (χ0) is 12.3. The van der Waals surface area contributed by atoms with Crippen LogP contribution in [-0.4, -0.2) is 31.5 Å². The summed E-state index contributed by atoms with van der Waals surface area (Å²) in [7, 11) is 0. The van der Waals surface area contributed by atoms with Crippen LogP contribution in [0.1, 0.15) is 46.0 Å². The molecule has 1 spiro atoms. The van der Waals surface area contributed by atoms with Crippen molar-refractivity contribution in [3.05, 3.63) is 0 Å². The summed E-state index contributed by atoms with van der Waals surface area (Å²) < 4.78 is 11.5. The first-order chi connectivity index (χ1) is 8.15. The minimum Gasteiger partial charge on any atom is -0.378 e. The topological polar surface area (TPSA) is 44.5 Å².